The van der Waals surface area contributed by atoms with Gasteiger partial charge in [0.15, 0.2) is 6.29 Å². The van der Waals surface area contributed by atoms with E-state index < -0.39 is 0 Å². The van der Waals surface area contributed by atoms with Crippen LogP contribution in [0.15, 0.2) is 24.3 Å². The summed E-state index contributed by atoms with van der Waals surface area (Å²) < 4.78 is 10.3. The van der Waals surface area contributed by atoms with Crippen molar-refractivity contribution in [3.05, 3.63) is 29.8 Å². The van der Waals surface area contributed by atoms with Gasteiger partial charge in [0.2, 0.25) is 0 Å². The molecule has 1 rings (SSSR count). The predicted molar refractivity (Wildman–Crippen MR) is 52.7 cm³/mol. The standard InChI is InChI=1S/C10H15NO2/c1-11-9-6-4-5-8(7-9)10(12-2)13-3/h4-7,10-11H,1-3H3. The zero-order valence-electron chi connectivity index (χ0n) is 8.20. The minimum atomic E-state index is -0.284. The molecule has 0 unspecified atom stereocenters. The Morgan fingerprint density at radius 2 is 1.92 bits per heavy atom. The summed E-state index contributed by atoms with van der Waals surface area (Å²) in [6, 6.07) is 7.92. The Hall–Kier alpha value is -1.06. The van der Waals surface area contributed by atoms with Crippen molar-refractivity contribution in [1.82, 2.24) is 0 Å². The SMILES string of the molecule is CNc1cccc(C(OC)OC)c1. The van der Waals surface area contributed by atoms with Crippen LogP contribution >= 0.6 is 0 Å². The molecule has 0 aliphatic rings. The average molecular weight is 181 g/mol. The lowest BCUT2D eigenvalue weighted by Gasteiger charge is -2.14. The van der Waals surface area contributed by atoms with Gasteiger partial charge in [-0.25, -0.2) is 0 Å². The van der Waals surface area contributed by atoms with Gasteiger partial charge in [0.1, 0.15) is 0 Å². The van der Waals surface area contributed by atoms with Crippen LogP contribution in [0.3, 0.4) is 0 Å². The molecule has 3 heteroatoms. The smallest absolute Gasteiger partial charge is 0.183 e. The van der Waals surface area contributed by atoms with E-state index in [9.17, 15) is 0 Å². The van der Waals surface area contributed by atoms with Crippen molar-refractivity contribution in [2.45, 2.75) is 6.29 Å². The molecule has 1 N–H and O–H groups in total. The molecule has 3 nitrogen and oxygen atoms in total. The molecule has 0 heterocycles. The van der Waals surface area contributed by atoms with Crippen LogP contribution < -0.4 is 5.32 Å². The third-order valence-corrected chi connectivity index (χ3v) is 1.88. The summed E-state index contributed by atoms with van der Waals surface area (Å²) in [6.07, 6.45) is -0.284. The molecular formula is C10H15NO2. The summed E-state index contributed by atoms with van der Waals surface area (Å²) in [5.74, 6) is 0. The van der Waals surface area contributed by atoms with E-state index in [4.69, 9.17) is 9.47 Å². The molecule has 0 bridgehead atoms. The number of nitrogens with one attached hydrogen (secondary N) is 1. The predicted octanol–water partition coefficient (Wildman–Crippen LogP) is 2.02. The lowest BCUT2D eigenvalue weighted by molar-refractivity contribution is -0.105. The van der Waals surface area contributed by atoms with E-state index in [1.807, 2.05) is 31.3 Å². The van der Waals surface area contributed by atoms with E-state index >= 15 is 0 Å². The number of methoxy groups -OCH3 is 2. The molecule has 0 aromatic heterocycles. The first-order valence-electron chi connectivity index (χ1n) is 4.15. The fraction of sp³-hybridized carbons (Fsp3) is 0.400. The van der Waals surface area contributed by atoms with Crippen molar-refractivity contribution >= 4 is 5.69 Å². The summed E-state index contributed by atoms with van der Waals surface area (Å²) in [5, 5.41) is 3.06. The van der Waals surface area contributed by atoms with Gasteiger partial charge in [-0.05, 0) is 12.1 Å². The highest BCUT2D eigenvalue weighted by atomic mass is 16.7. The normalized spacial score (nSPS) is 10.5. The third-order valence-electron chi connectivity index (χ3n) is 1.88. The number of anilines is 1. The Balaban J connectivity index is 2.86. The maximum absolute atomic E-state index is 5.14. The summed E-state index contributed by atoms with van der Waals surface area (Å²) in [4.78, 5) is 0. The summed E-state index contributed by atoms with van der Waals surface area (Å²) >= 11 is 0. The van der Waals surface area contributed by atoms with Crippen LogP contribution in [0.4, 0.5) is 5.69 Å². The van der Waals surface area contributed by atoms with E-state index in [0.717, 1.165) is 11.3 Å². The van der Waals surface area contributed by atoms with E-state index in [-0.39, 0.29) is 6.29 Å². The second-order valence-electron chi connectivity index (χ2n) is 2.68. The molecule has 0 fully saturated rings. The van der Waals surface area contributed by atoms with Gasteiger partial charge in [0.05, 0.1) is 0 Å². The van der Waals surface area contributed by atoms with E-state index in [2.05, 4.69) is 5.32 Å². The Bertz CT molecular complexity index is 259. The highest BCUT2D eigenvalue weighted by Gasteiger charge is 2.07. The van der Waals surface area contributed by atoms with Gasteiger partial charge in [-0.15, -0.1) is 0 Å². The first-order valence-corrected chi connectivity index (χ1v) is 4.15. The molecule has 1 aromatic carbocycles. The second-order valence-corrected chi connectivity index (χ2v) is 2.68. The van der Waals surface area contributed by atoms with Gasteiger partial charge in [-0.3, -0.25) is 0 Å². The zero-order chi connectivity index (χ0) is 9.68. The minimum absolute atomic E-state index is 0.284. The molecule has 0 radical (unpaired) electrons. The Morgan fingerprint density at radius 1 is 1.23 bits per heavy atom. The lowest BCUT2D eigenvalue weighted by atomic mass is 10.2. The van der Waals surface area contributed by atoms with Crippen molar-refractivity contribution in [3.63, 3.8) is 0 Å². The van der Waals surface area contributed by atoms with Crippen LogP contribution in [0, 0.1) is 0 Å². The highest BCUT2D eigenvalue weighted by molar-refractivity contribution is 5.45. The molecular weight excluding hydrogens is 166 g/mol. The number of ether oxygens (including phenoxy) is 2. The molecule has 72 valence electrons. The quantitative estimate of drug-likeness (QED) is 0.721. The summed E-state index contributed by atoms with van der Waals surface area (Å²) in [5.41, 5.74) is 2.06. The molecule has 0 saturated heterocycles. The van der Waals surface area contributed by atoms with Crippen LogP contribution in [-0.4, -0.2) is 21.3 Å². The zero-order valence-corrected chi connectivity index (χ0v) is 8.20. The van der Waals surface area contributed by atoms with E-state index in [0.29, 0.717) is 0 Å². The topological polar surface area (TPSA) is 30.5 Å². The van der Waals surface area contributed by atoms with E-state index in [1.165, 1.54) is 0 Å². The maximum Gasteiger partial charge on any atom is 0.183 e. The Morgan fingerprint density at radius 3 is 2.46 bits per heavy atom. The Labute approximate surface area is 78.7 Å². The molecule has 0 amide bonds. The van der Waals surface area contributed by atoms with Crippen LogP contribution in [-0.2, 0) is 9.47 Å². The summed E-state index contributed by atoms with van der Waals surface area (Å²) in [7, 11) is 5.13. The molecule has 0 saturated carbocycles. The minimum Gasteiger partial charge on any atom is -0.388 e. The maximum atomic E-state index is 5.14. The first kappa shape index (κ1) is 10.0. The number of rotatable bonds is 4. The number of hydrogen-bond donors (Lipinski definition) is 1. The van der Waals surface area contributed by atoms with Crippen molar-refractivity contribution in [2.75, 3.05) is 26.6 Å². The van der Waals surface area contributed by atoms with Crippen molar-refractivity contribution < 1.29 is 9.47 Å². The van der Waals surface area contributed by atoms with Crippen molar-refractivity contribution in [1.29, 1.82) is 0 Å². The van der Waals surface area contributed by atoms with Gasteiger partial charge in [-0.1, -0.05) is 12.1 Å². The number of benzene rings is 1. The molecule has 0 atom stereocenters. The van der Waals surface area contributed by atoms with Crippen molar-refractivity contribution in [3.8, 4) is 0 Å². The first-order chi connectivity index (χ1) is 6.31. The van der Waals surface area contributed by atoms with Gasteiger partial charge in [-0.2, -0.15) is 0 Å². The fourth-order valence-corrected chi connectivity index (χ4v) is 1.21. The van der Waals surface area contributed by atoms with Gasteiger partial charge in [0, 0.05) is 32.5 Å². The molecule has 13 heavy (non-hydrogen) atoms. The van der Waals surface area contributed by atoms with Crippen LogP contribution in [0.1, 0.15) is 11.9 Å². The van der Waals surface area contributed by atoms with Crippen molar-refractivity contribution in [2.24, 2.45) is 0 Å². The molecule has 0 spiro atoms. The van der Waals surface area contributed by atoms with Gasteiger partial charge < -0.3 is 14.8 Å². The monoisotopic (exact) mass is 181 g/mol. The van der Waals surface area contributed by atoms with Gasteiger partial charge in [0.25, 0.3) is 0 Å². The number of hydrogen-bond acceptors (Lipinski definition) is 3. The fourth-order valence-electron chi connectivity index (χ4n) is 1.21. The highest BCUT2D eigenvalue weighted by Crippen LogP contribution is 2.20. The lowest BCUT2D eigenvalue weighted by Crippen LogP contribution is -2.03. The largest absolute Gasteiger partial charge is 0.388 e. The average Bonchev–Trinajstić information content (AvgIpc) is 2.20. The molecule has 0 aliphatic heterocycles. The van der Waals surface area contributed by atoms with Crippen LogP contribution in [0.25, 0.3) is 0 Å². The molecule has 0 aliphatic carbocycles. The third kappa shape index (κ3) is 2.44. The second kappa shape index (κ2) is 4.84. The summed E-state index contributed by atoms with van der Waals surface area (Å²) in [6.45, 7) is 0. The van der Waals surface area contributed by atoms with Gasteiger partial charge >= 0.3 is 0 Å². The Kier molecular flexibility index (Phi) is 3.73. The van der Waals surface area contributed by atoms with Crippen LogP contribution in [0.5, 0.6) is 0 Å². The van der Waals surface area contributed by atoms with E-state index in [1.54, 1.807) is 14.2 Å². The molecule has 1 aromatic rings. The van der Waals surface area contributed by atoms with Crippen LogP contribution in [0.2, 0.25) is 0 Å².